The Bertz CT molecular complexity index is 925. The minimum atomic E-state index is -5.19. The summed E-state index contributed by atoms with van der Waals surface area (Å²) in [6, 6.07) is 6.69. The molecule has 2 aromatic rings. The lowest BCUT2D eigenvalue weighted by Crippen LogP contribution is -2.20. The third kappa shape index (κ3) is 7.18. The highest BCUT2D eigenvalue weighted by Crippen LogP contribution is 2.36. The maximum atomic E-state index is 13.7. The summed E-state index contributed by atoms with van der Waals surface area (Å²) < 4.78 is 76.0. The van der Waals surface area contributed by atoms with Crippen molar-refractivity contribution in [2.75, 3.05) is 6.61 Å². The van der Waals surface area contributed by atoms with Crippen molar-refractivity contribution < 1.29 is 36.2 Å². The van der Waals surface area contributed by atoms with E-state index in [1.54, 1.807) is 12.1 Å². The SMILES string of the molecule is CCCCCC1CCC(COc2ccc(C(=O)Oc3cc(F)c(C(F)(F)F)c(F)c3)cc2)CC1. The molecule has 186 valence electrons. The molecule has 1 fully saturated rings. The Morgan fingerprint density at radius 3 is 2.06 bits per heavy atom. The first-order chi connectivity index (χ1) is 16.2. The topological polar surface area (TPSA) is 35.5 Å². The molecular formula is C26H29F5O3. The molecule has 0 unspecified atom stereocenters. The zero-order chi connectivity index (χ0) is 24.7. The van der Waals surface area contributed by atoms with E-state index in [-0.39, 0.29) is 5.56 Å². The summed E-state index contributed by atoms with van der Waals surface area (Å²) in [5.74, 6) is -3.42. The quantitative estimate of drug-likeness (QED) is 0.157. The largest absolute Gasteiger partial charge is 0.493 e. The van der Waals surface area contributed by atoms with Crippen LogP contribution in [0.3, 0.4) is 0 Å². The third-order valence-corrected chi connectivity index (χ3v) is 6.27. The van der Waals surface area contributed by atoms with Crippen LogP contribution in [-0.2, 0) is 6.18 Å². The Hall–Kier alpha value is -2.64. The van der Waals surface area contributed by atoms with Gasteiger partial charge in [0.25, 0.3) is 0 Å². The average Bonchev–Trinajstić information content (AvgIpc) is 2.77. The normalized spacial score (nSPS) is 18.5. The van der Waals surface area contributed by atoms with Crippen molar-refractivity contribution in [1.29, 1.82) is 0 Å². The minimum Gasteiger partial charge on any atom is -0.493 e. The summed E-state index contributed by atoms with van der Waals surface area (Å²) in [4.78, 5) is 12.2. The van der Waals surface area contributed by atoms with Gasteiger partial charge < -0.3 is 9.47 Å². The molecule has 1 aliphatic carbocycles. The van der Waals surface area contributed by atoms with Gasteiger partial charge in [-0.25, -0.2) is 13.6 Å². The van der Waals surface area contributed by atoms with E-state index < -0.39 is 35.1 Å². The van der Waals surface area contributed by atoms with Crippen LogP contribution in [0.1, 0.15) is 74.2 Å². The molecule has 3 nitrogen and oxygen atoms in total. The molecule has 2 aromatic carbocycles. The van der Waals surface area contributed by atoms with Crippen molar-refractivity contribution in [3.05, 3.63) is 59.2 Å². The van der Waals surface area contributed by atoms with E-state index in [4.69, 9.17) is 9.47 Å². The first kappa shape index (κ1) is 26.0. The predicted octanol–water partition coefficient (Wildman–Crippen LogP) is 7.97. The van der Waals surface area contributed by atoms with Crippen LogP contribution < -0.4 is 9.47 Å². The van der Waals surface area contributed by atoms with Crippen molar-refractivity contribution in [2.45, 2.75) is 64.5 Å². The summed E-state index contributed by atoms with van der Waals surface area (Å²) in [5, 5.41) is 0. The molecule has 0 aliphatic heterocycles. The van der Waals surface area contributed by atoms with Gasteiger partial charge in [-0.1, -0.05) is 45.4 Å². The highest BCUT2D eigenvalue weighted by atomic mass is 19.4. The molecule has 0 spiro atoms. The van der Waals surface area contributed by atoms with E-state index >= 15 is 0 Å². The van der Waals surface area contributed by atoms with Crippen molar-refractivity contribution in [2.24, 2.45) is 11.8 Å². The van der Waals surface area contributed by atoms with Crippen LogP contribution in [-0.4, -0.2) is 12.6 Å². The van der Waals surface area contributed by atoms with Crippen LogP contribution in [0, 0.1) is 23.5 Å². The van der Waals surface area contributed by atoms with Crippen LogP contribution in [0.25, 0.3) is 0 Å². The Labute approximate surface area is 196 Å². The molecule has 0 N–H and O–H groups in total. The molecule has 0 bridgehead atoms. The van der Waals surface area contributed by atoms with Gasteiger partial charge in [-0.2, -0.15) is 13.2 Å². The fourth-order valence-electron chi connectivity index (χ4n) is 4.32. The molecule has 8 heteroatoms. The number of ether oxygens (including phenoxy) is 2. The lowest BCUT2D eigenvalue weighted by Gasteiger charge is -2.28. The van der Waals surface area contributed by atoms with Gasteiger partial charge >= 0.3 is 12.1 Å². The van der Waals surface area contributed by atoms with Gasteiger partial charge in [-0.3, -0.25) is 0 Å². The van der Waals surface area contributed by atoms with Crippen LogP contribution in [0.5, 0.6) is 11.5 Å². The summed E-state index contributed by atoms with van der Waals surface area (Å²) in [5.41, 5.74) is -1.96. The third-order valence-electron chi connectivity index (χ3n) is 6.27. The van der Waals surface area contributed by atoms with E-state index in [2.05, 4.69) is 6.92 Å². The Balaban J connectivity index is 1.49. The molecule has 1 aliphatic rings. The van der Waals surface area contributed by atoms with Crippen molar-refractivity contribution in [1.82, 2.24) is 0 Å². The number of unbranched alkanes of at least 4 members (excludes halogenated alkanes) is 2. The monoisotopic (exact) mass is 484 g/mol. The predicted molar refractivity (Wildman–Crippen MR) is 118 cm³/mol. The summed E-state index contributed by atoms with van der Waals surface area (Å²) in [7, 11) is 0. The summed E-state index contributed by atoms with van der Waals surface area (Å²) in [6.45, 7) is 2.81. The smallest absolute Gasteiger partial charge is 0.422 e. The van der Waals surface area contributed by atoms with Gasteiger partial charge in [-0.15, -0.1) is 0 Å². The molecule has 0 atom stereocenters. The molecule has 0 aromatic heterocycles. The number of benzene rings is 2. The lowest BCUT2D eigenvalue weighted by molar-refractivity contribution is -0.142. The number of rotatable bonds is 9. The first-order valence-corrected chi connectivity index (χ1v) is 11.7. The molecule has 0 saturated heterocycles. The molecule has 34 heavy (non-hydrogen) atoms. The number of carbonyl (C=O) groups is 1. The van der Waals surface area contributed by atoms with Gasteiger partial charge in [0.05, 0.1) is 12.2 Å². The first-order valence-electron chi connectivity index (χ1n) is 11.7. The van der Waals surface area contributed by atoms with Crippen molar-refractivity contribution >= 4 is 5.97 Å². The lowest BCUT2D eigenvalue weighted by atomic mass is 9.80. The highest BCUT2D eigenvalue weighted by molar-refractivity contribution is 5.91. The number of hydrogen-bond donors (Lipinski definition) is 0. The number of alkyl halides is 3. The van der Waals surface area contributed by atoms with E-state index in [9.17, 15) is 26.7 Å². The van der Waals surface area contributed by atoms with Gasteiger partial charge in [0.15, 0.2) is 0 Å². The van der Waals surface area contributed by atoms with Crippen LogP contribution in [0.4, 0.5) is 22.0 Å². The molecule has 3 rings (SSSR count). The van der Waals surface area contributed by atoms with Crippen LogP contribution >= 0.6 is 0 Å². The van der Waals surface area contributed by atoms with Gasteiger partial charge in [0, 0.05) is 12.1 Å². The Morgan fingerprint density at radius 2 is 1.50 bits per heavy atom. The maximum Gasteiger partial charge on any atom is 0.422 e. The van der Waals surface area contributed by atoms with Gasteiger partial charge in [0.2, 0.25) is 0 Å². The molecule has 0 radical (unpaired) electrons. The average molecular weight is 485 g/mol. The Morgan fingerprint density at radius 1 is 0.912 bits per heavy atom. The van der Waals surface area contributed by atoms with E-state index in [0.29, 0.717) is 30.4 Å². The number of hydrogen-bond acceptors (Lipinski definition) is 3. The van der Waals surface area contributed by atoms with Gasteiger partial charge in [-0.05, 0) is 48.9 Å². The van der Waals surface area contributed by atoms with E-state index in [1.807, 2.05) is 0 Å². The van der Waals surface area contributed by atoms with Crippen molar-refractivity contribution in [3.8, 4) is 11.5 Å². The van der Waals surface area contributed by atoms with Crippen molar-refractivity contribution in [3.63, 3.8) is 0 Å². The minimum absolute atomic E-state index is 0.0700. The maximum absolute atomic E-state index is 13.7. The molecular weight excluding hydrogens is 455 g/mol. The number of halogens is 5. The molecule has 0 amide bonds. The fourth-order valence-corrected chi connectivity index (χ4v) is 4.32. The summed E-state index contributed by atoms with van der Waals surface area (Å²) >= 11 is 0. The standard InChI is InChI=1S/C26H29F5O3/c1-2-3-4-5-17-6-8-18(9-7-17)16-33-20-12-10-19(11-13-20)25(32)34-21-14-22(27)24(23(28)15-21)26(29,30)31/h10-15,17-18H,2-9,16H2,1H3. The molecule has 0 heterocycles. The van der Waals surface area contributed by atoms with Crippen LogP contribution in [0.2, 0.25) is 0 Å². The highest BCUT2D eigenvalue weighted by Gasteiger charge is 2.38. The zero-order valence-electron chi connectivity index (χ0n) is 19.1. The summed E-state index contributed by atoms with van der Waals surface area (Å²) in [6.07, 6.45) is 4.70. The second-order valence-electron chi connectivity index (χ2n) is 8.87. The zero-order valence-corrected chi connectivity index (χ0v) is 19.1. The van der Waals surface area contributed by atoms with Gasteiger partial charge in [0.1, 0.15) is 28.7 Å². The van der Waals surface area contributed by atoms with E-state index in [1.165, 1.54) is 50.7 Å². The second-order valence-corrected chi connectivity index (χ2v) is 8.87. The fraction of sp³-hybridized carbons (Fsp3) is 0.500. The van der Waals surface area contributed by atoms with Crippen LogP contribution in [0.15, 0.2) is 36.4 Å². The number of carbonyl (C=O) groups excluding carboxylic acids is 1. The number of esters is 1. The Kier molecular flexibility index (Phi) is 8.91. The molecule has 1 saturated carbocycles. The van der Waals surface area contributed by atoms with E-state index in [0.717, 1.165) is 18.8 Å². The second kappa shape index (κ2) is 11.7.